The Hall–Kier alpha value is -4.08. The summed E-state index contributed by atoms with van der Waals surface area (Å²) < 4.78 is 38.7. The van der Waals surface area contributed by atoms with Crippen LogP contribution in [0.3, 0.4) is 0 Å². The number of benzene rings is 2. The van der Waals surface area contributed by atoms with E-state index in [-0.39, 0.29) is 23.4 Å². The summed E-state index contributed by atoms with van der Waals surface area (Å²) in [5.74, 6) is -0.621. The minimum atomic E-state index is -4.52. The van der Waals surface area contributed by atoms with Gasteiger partial charge in [-0.25, -0.2) is 4.79 Å². The summed E-state index contributed by atoms with van der Waals surface area (Å²) in [5, 5.41) is 5.13. The van der Waals surface area contributed by atoms with Crippen LogP contribution in [-0.4, -0.2) is 28.4 Å². The minimum absolute atomic E-state index is 0.00136. The lowest BCUT2D eigenvalue weighted by Crippen LogP contribution is -2.41. The Bertz CT molecular complexity index is 1270. The molecule has 7 nitrogen and oxygen atoms in total. The highest BCUT2D eigenvalue weighted by molar-refractivity contribution is 6.05. The third-order valence-electron chi connectivity index (χ3n) is 5.27. The SMILES string of the molecule is O=C(Nc1cccc(C(F)(F)F)c1)c1cccc(NC(=O)N2CCc3cc[nH]c(=O)c3C2)c1. The van der Waals surface area contributed by atoms with Gasteiger partial charge in [0.25, 0.3) is 11.5 Å². The van der Waals surface area contributed by atoms with Crippen molar-refractivity contribution in [3.8, 4) is 0 Å². The van der Waals surface area contributed by atoms with Crippen LogP contribution >= 0.6 is 0 Å². The highest BCUT2D eigenvalue weighted by Gasteiger charge is 2.30. The van der Waals surface area contributed by atoms with Gasteiger partial charge in [0.05, 0.1) is 12.1 Å². The predicted molar refractivity (Wildman–Crippen MR) is 116 cm³/mol. The van der Waals surface area contributed by atoms with Gasteiger partial charge in [-0.05, 0) is 54.4 Å². The van der Waals surface area contributed by atoms with Crippen molar-refractivity contribution >= 4 is 23.3 Å². The molecule has 0 saturated carbocycles. The monoisotopic (exact) mass is 456 g/mol. The average Bonchev–Trinajstić information content (AvgIpc) is 2.79. The molecule has 2 aromatic carbocycles. The van der Waals surface area contributed by atoms with Gasteiger partial charge in [0.15, 0.2) is 0 Å². The molecule has 1 aliphatic rings. The van der Waals surface area contributed by atoms with Crippen LogP contribution in [0.2, 0.25) is 0 Å². The van der Waals surface area contributed by atoms with Gasteiger partial charge >= 0.3 is 12.2 Å². The van der Waals surface area contributed by atoms with Crippen molar-refractivity contribution in [2.45, 2.75) is 19.1 Å². The summed E-state index contributed by atoms with van der Waals surface area (Å²) in [4.78, 5) is 41.3. The van der Waals surface area contributed by atoms with Crippen molar-refractivity contribution < 1.29 is 22.8 Å². The molecule has 0 atom stereocenters. The van der Waals surface area contributed by atoms with Gasteiger partial charge in [0.2, 0.25) is 0 Å². The van der Waals surface area contributed by atoms with Crippen molar-refractivity contribution in [1.82, 2.24) is 9.88 Å². The molecule has 170 valence electrons. The van der Waals surface area contributed by atoms with E-state index in [1.807, 2.05) is 6.07 Å². The molecule has 0 bridgehead atoms. The molecule has 4 rings (SSSR count). The number of aromatic nitrogens is 1. The predicted octanol–water partition coefficient (Wildman–Crippen LogP) is 4.24. The summed E-state index contributed by atoms with van der Waals surface area (Å²) in [6, 6.07) is 11.7. The number of pyridine rings is 1. The molecular weight excluding hydrogens is 437 g/mol. The maximum atomic E-state index is 12.9. The van der Waals surface area contributed by atoms with E-state index in [0.717, 1.165) is 17.7 Å². The highest BCUT2D eigenvalue weighted by Crippen LogP contribution is 2.30. The molecule has 0 fully saturated rings. The Kier molecular flexibility index (Phi) is 5.91. The Morgan fingerprint density at radius 1 is 0.970 bits per heavy atom. The topological polar surface area (TPSA) is 94.3 Å². The summed E-state index contributed by atoms with van der Waals surface area (Å²) in [7, 11) is 0. The van der Waals surface area contributed by atoms with Crippen LogP contribution in [0, 0.1) is 0 Å². The second kappa shape index (κ2) is 8.81. The number of aromatic amines is 1. The fourth-order valence-electron chi connectivity index (χ4n) is 3.57. The van der Waals surface area contributed by atoms with Gasteiger partial charge in [0, 0.05) is 35.2 Å². The maximum Gasteiger partial charge on any atom is 0.416 e. The highest BCUT2D eigenvalue weighted by atomic mass is 19.4. The number of fused-ring (bicyclic) bond motifs is 1. The second-order valence-electron chi connectivity index (χ2n) is 7.53. The number of halogens is 3. The number of hydrogen-bond acceptors (Lipinski definition) is 3. The van der Waals surface area contributed by atoms with E-state index in [0.29, 0.717) is 24.2 Å². The molecule has 3 aromatic rings. The Morgan fingerprint density at radius 3 is 2.45 bits per heavy atom. The Labute approximate surface area is 186 Å². The van der Waals surface area contributed by atoms with E-state index in [1.165, 1.54) is 29.2 Å². The van der Waals surface area contributed by atoms with E-state index in [9.17, 15) is 27.6 Å². The van der Waals surface area contributed by atoms with Gasteiger partial charge in [0.1, 0.15) is 0 Å². The number of carbonyl (C=O) groups excluding carboxylic acids is 2. The third-order valence-corrected chi connectivity index (χ3v) is 5.27. The molecule has 1 aliphatic heterocycles. The largest absolute Gasteiger partial charge is 0.416 e. The standard InChI is InChI=1S/C23H19F3N4O3/c24-23(25,26)16-4-2-6-18(12-16)28-20(31)15-3-1-5-17(11-15)29-22(33)30-10-8-14-7-9-27-21(32)19(14)13-30/h1-7,9,11-12H,8,10,13H2,(H,27,32)(H,28,31)(H,29,33). The van der Waals surface area contributed by atoms with Crippen molar-refractivity contribution in [3.63, 3.8) is 0 Å². The molecule has 0 aliphatic carbocycles. The van der Waals surface area contributed by atoms with Crippen LogP contribution in [0.15, 0.2) is 65.6 Å². The number of amides is 3. The first-order chi connectivity index (χ1) is 15.7. The van der Waals surface area contributed by atoms with Gasteiger partial charge in [-0.3, -0.25) is 9.59 Å². The molecule has 3 N–H and O–H groups in total. The maximum absolute atomic E-state index is 12.9. The molecule has 10 heteroatoms. The van der Waals surface area contributed by atoms with E-state index in [2.05, 4.69) is 15.6 Å². The molecular formula is C23H19F3N4O3. The summed E-state index contributed by atoms with van der Waals surface area (Å²) in [6.07, 6.45) is -2.40. The molecule has 33 heavy (non-hydrogen) atoms. The first-order valence-corrected chi connectivity index (χ1v) is 10.0. The van der Waals surface area contributed by atoms with Gasteiger partial charge < -0.3 is 20.5 Å². The number of rotatable bonds is 3. The molecule has 0 saturated heterocycles. The van der Waals surface area contributed by atoms with Crippen LogP contribution in [0.5, 0.6) is 0 Å². The molecule has 2 heterocycles. The lowest BCUT2D eigenvalue weighted by Gasteiger charge is -2.28. The van der Waals surface area contributed by atoms with Crippen molar-refractivity contribution in [2.75, 3.05) is 17.2 Å². The Balaban J connectivity index is 1.44. The number of H-pyrrole nitrogens is 1. The lowest BCUT2D eigenvalue weighted by molar-refractivity contribution is -0.137. The van der Waals surface area contributed by atoms with Crippen LogP contribution in [0.25, 0.3) is 0 Å². The Morgan fingerprint density at radius 2 is 1.70 bits per heavy atom. The number of carbonyl (C=O) groups is 2. The van der Waals surface area contributed by atoms with Crippen LogP contribution in [-0.2, 0) is 19.1 Å². The zero-order valence-corrected chi connectivity index (χ0v) is 17.2. The van der Waals surface area contributed by atoms with Crippen molar-refractivity contribution in [2.24, 2.45) is 0 Å². The van der Waals surface area contributed by atoms with Crippen LogP contribution in [0.4, 0.5) is 29.3 Å². The first kappa shape index (κ1) is 22.1. The summed E-state index contributed by atoms with van der Waals surface area (Å²) in [6.45, 7) is 0.588. The number of urea groups is 1. The van der Waals surface area contributed by atoms with Gasteiger partial charge in [-0.1, -0.05) is 12.1 Å². The van der Waals surface area contributed by atoms with Crippen LogP contribution in [0.1, 0.15) is 27.0 Å². The number of hydrogen-bond donors (Lipinski definition) is 3. The van der Waals surface area contributed by atoms with Crippen molar-refractivity contribution in [1.29, 1.82) is 0 Å². The number of nitrogens with zero attached hydrogens (tertiary/aromatic N) is 1. The fraction of sp³-hybridized carbons (Fsp3) is 0.174. The quantitative estimate of drug-likeness (QED) is 0.550. The van der Waals surface area contributed by atoms with E-state index >= 15 is 0 Å². The zero-order chi connectivity index (χ0) is 23.6. The van der Waals surface area contributed by atoms with Crippen molar-refractivity contribution in [3.05, 3.63) is 93.4 Å². The third kappa shape index (κ3) is 5.05. The molecule has 0 spiro atoms. The molecule has 1 aromatic heterocycles. The summed E-state index contributed by atoms with van der Waals surface area (Å²) >= 11 is 0. The lowest BCUT2D eigenvalue weighted by atomic mass is 10.0. The minimum Gasteiger partial charge on any atom is -0.329 e. The zero-order valence-electron chi connectivity index (χ0n) is 17.2. The first-order valence-electron chi connectivity index (χ1n) is 10.0. The number of anilines is 2. The van der Waals surface area contributed by atoms with Crippen LogP contribution < -0.4 is 16.2 Å². The normalized spacial score (nSPS) is 13.2. The van der Waals surface area contributed by atoms with Gasteiger partial charge in [-0.2, -0.15) is 13.2 Å². The fourth-order valence-corrected chi connectivity index (χ4v) is 3.57. The average molecular weight is 456 g/mol. The van der Waals surface area contributed by atoms with E-state index < -0.39 is 23.7 Å². The summed E-state index contributed by atoms with van der Waals surface area (Å²) in [5.41, 5.74) is 0.822. The number of nitrogens with one attached hydrogen (secondary N) is 3. The molecule has 0 unspecified atom stereocenters. The molecule has 3 amide bonds. The van der Waals surface area contributed by atoms with E-state index in [1.54, 1.807) is 18.3 Å². The smallest absolute Gasteiger partial charge is 0.329 e. The van der Waals surface area contributed by atoms with Gasteiger partial charge in [-0.15, -0.1) is 0 Å². The van der Waals surface area contributed by atoms with E-state index in [4.69, 9.17) is 0 Å². The second-order valence-corrected chi connectivity index (χ2v) is 7.53. The molecule has 0 radical (unpaired) electrons. The number of alkyl halides is 3.